The number of morpholine rings is 1. The van der Waals surface area contributed by atoms with E-state index in [4.69, 9.17) is 10.5 Å². The van der Waals surface area contributed by atoms with Crippen LogP contribution in [0.5, 0.6) is 0 Å². The van der Waals surface area contributed by atoms with Gasteiger partial charge in [0.2, 0.25) is 0 Å². The smallest absolute Gasteiger partial charge is 0.0730 e. The average molecular weight is 184 g/mol. The molecule has 0 amide bonds. The second kappa shape index (κ2) is 3.95. The summed E-state index contributed by atoms with van der Waals surface area (Å²) in [7, 11) is 0. The van der Waals surface area contributed by atoms with Gasteiger partial charge in [0.15, 0.2) is 0 Å². The second-order valence-electron chi connectivity index (χ2n) is 4.38. The standard InChI is InChI=1S/C10H20N2O/c1-8(11)7-12-5-6-13-10-4-2-3-9(10)12/h8-10H,2-7,11H2,1H3. The van der Waals surface area contributed by atoms with E-state index in [1.165, 1.54) is 19.3 Å². The second-order valence-corrected chi connectivity index (χ2v) is 4.38. The fourth-order valence-electron chi connectivity index (χ4n) is 2.60. The zero-order chi connectivity index (χ0) is 9.26. The van der Waals surface area contributed by atoms with Gasteiger partial charge < -0.3 is 10.5 Å². The monoisotopic (exact) mass is 184 g/mol. The van der Waals surface area contributed by atoms with Gasteiger partial charge in [0.25, 0.3) is 0 Å². The molecule has 3 nitrogen and oxygen atoms in total. The van der Waals surface area contributed by atoms with E-state index in [1.807, 2.05) is 0 Å². The fourth-order valence-corrected chi connectivity index (χ4v) is 2.60. The molecule has 2 aliphatic rings. The van der Waals surface area contributed by atoms with Crippen LogP contribution in [0.4, 0.5) is 0 Å². The van der Waals surface area contributed by atoms with Gasteiger partial charge in [0, 0.05) is 25.2 Å². The third-order valence-corrected chi connectivity index (χ3v) is 3.12. The number of fused-ring (bicyclic) bond motifs is 1. The molecular weight excluding hydrogens is 164 g/mol. The topological polar surface area (TPSA) is 38.5 Å². The summed E-state index contributed by atoms with van der Waals surface area (Å²) in [6.07, 6.45) is 4.38. The molecule has 3 heteroatoms. The van der Waals surface area contributed by atoms with Crippen molar-refractivity contribution in [3.05, 3.63) is 0 Å². The van der Waals surface area contributed by atoms with Crippen molar-refractivity contribution in [3.8, 4) is 0 Å². The highest BCUT2D eigenvalue weighted by Crippen LogP contribution is 2.29. The molecule has 1 saturated carbocycles. The minimum atomic E-state index is 0.291. The third kappa shape index (κ3) is 2.03. The highest BCUT2D eigenvalue weighted by atomic mass is 16.5. The Morgan fingerprint density at radius 3 is 3.15 bits per heavy atom. The number of hydrogen-bond acceptors (Lipinski definition) is 3. The van der Waals surface area contributed by atoms with E-state index in [0.29, 0.717) is 18.2 Å². The van der Waals surface area contributed by atoms with Gasteiger partial charge in [-0.3, -0.25) is 4.90 Å². The molecule has 2 fully saturated rings. The highest BCUT2D eigenvalue weighted by molar-refractivity contribution is 4.89. The first-order valence-electron chi connectivity index (χ1n) is 5.38. The third-order valence-electron chi connectivity index (χ3n) is 3.12. The predicted molar refractivity (Wildman–Crippen MR) is 52.6 cm³/mol. The molecular formula is C10H20N2O. The quantitative estimate of drug-likeness (QED) is 0.682. The first kappa shape index (κ1) is 9.44. The van der Waals surface area contributed by atoms with E-state index in [9.17, 15) is 0 Å². The fraction of sp³-hybridized carbons (Fsp3) is 1.00. The van der Waals surface area contributed by atoms with Crippen LogP contribution < -0.4 is 5.73 Å². The van der Waals surface area contributed by atoms with Crippen LogP contribution in [0, 0.1) is 0 Å². The molecule has 0 radical (unpaired) electrons. The van der Waals surface area contributed by atoms with Crippen molar-refractivity contribution in [3.63, 3.8) is 0 Å². The molecule has 0 aromatic carbocycles. The number of nitrogens with two attached hydrogens (primary N) is 1. The van der Waals surface area contributed by atoms with Crippen LogP contribution in [0.25, 0.3) is 0 Å². The van der Waals surface area contributed by atoms with Gasteiger partial charge in [-0.2, -0.15) is 0 Å². The molecule has 1 aliphatic carbocycles. The Balaban J connectivity index is 1.93. The molecule has 0 aromatic rings. The summed E-state index contributed by atoms with van der Waals surface area (Å²) in [6.45, 7) is 5.08. The van der Waals surface area contributed by atoms with Gasteiger partial charge in [0.05, 0.1) is 12.7 Å². The molecule has 0 aromatic heterocycles. The van der Waals surface area contributed by atoms with Crippen molar-refractivity contribution in [2.24, 2.45) is 5.73 Å². The normalized spacial score (nSPS) is 37.4. The lowest BCUT2D eigenvalue weighted by molar-refractivity contribution is -0.0566. The summed E-state index contributed by atoms with van der Waals surface area (Å²) in [5, 5.41) is 0. The molecule has 1 saturated heterocycles. The predicted octanol–water partition coefficient (Wildman–Crippen LogP) is 0.587. The largest absolute Gasteiger partial charge is 0.375 e. The highest BCUT2D eigenvalue weighted by Gasteiger charge is 2.35. The minimum absolute atomic E-state index is 0.291. The van der Waals surface area contributed by atoms with Crippen LogP contribution in [-0.2, 0) is 4.74 Å². The van der Waals surface area contributed by atoms with E-state index in [1.54, 1.807) is 0 Å². The summed E-state index contributed by atoms with van der Waals surface area (Å²) in [5.41, 5.74) is 5.82. The van der Waals surface area contributed by atoms with E-state index >= 15 is 0 Å². The maximum absolute atomic E-state index is 5.82. The van der Waals surface area contributed by atoms with Crippen LogP contribution >= 0.6 is 0 Å². The molecule has 0 bridgehead atoms. The molecule has 13 heavy (non-hydrogen) atoms. The van der Waals surface area contributed by atoms with Crippen molar-refractivity contribution < 1.29 is 4.74 Å². The van der Waals surface area contributed by atoms with Gasteiger partial charge in [0.1, 0.15) is 0 Å². The van der Waals surface area contributed by atoms with Gasteiger partial charge in [-0.05, 0) is 26.2 Å². The number of rotatable bonds is 2. The Morgan fingerprint density at radius 2 is 2.38 bits per heavy atom. The van der Waals surface area contributed by atoms with Crippen LogP contribution in [0.15, 0.2) is 0 Å². The first-order valence-corrected chi connectivity index (χ1v) is 5.38. The van der Waals surface area contributed by atoms with Gasteiger partial charge in [-0.1, -0.05) is 0 Å². The Morgan fingerprint density at radius 1 is 1.54 bits per heavy atom. The Bertz CT molecular complexity index is 172. The molecule has 2 rings (SSSR count). The van der Waals surface area contributed by atoms with Crippen molar-refractivity contribution in [2.75, 3.05) is 19.7 Å². The average Bonchev–Trinajstić information content (AvgIpc) is 2.51. The molecule has 1 heterocycles. The Labute approximate surface area is 80.2 Å². The van der Waals surface area contributed by atoms with Gasteiger partial charge in [-0.25, -0.2) is 0 Å². The van der Waals surface area contributed by atoms with Gasteiger partial charge >= 0.3 is 0 Å². The zero-order valence-corrected chi connectivity index (χ0v) is 8.41. The maximum atomic E-state index is 5.82. The Kier molecular flexibility index (Phi) is 2.86. The molecule has 3 atom stereocenters. The van der Waals surface area contributed by atoms with Crippen molar-refractivity contribution in [1.29, 1.82) is 0 Å². The summed E-state index contributed by atoms with van der Waals surface area (Å²) < 4.78 is 5.73. The number of nitrogens with zero attached hydrogens (tertiary/aromatic N) is 1. The van der Waals surface area contributed by atoms with Crippen LogP contribution in [0.2, 0.25) is 0 Å². The molecule has 3 unspecified atom stereocenters. The van der Waals surface area contributed by atoms with E-state index in [0.717, 1.165) is 19.7 Å². The summed E-state index contributed by atoms with van der Waals surface area (Å²) >= 11 is 0. The summed E-state index contributed by atoms with van der Waals surface area (Å²) in [5.74, 6) is 0. The lowest BCUT2D eigenvalue weighted by Gasteiger charge is -2.38. The van der Waals surface area contributed by atoms with E-state index in [-0.39, 0.29) is 0 Å². The van der Waals surface area contributed by atoms with Crippen LogP contribution in [0.3, 0.4) is 0 Å². The number of ether oxygens (including phenoxy) is 1. The Hall–Kier alpha value is -0.120. The van der Waals surface area contributed by atoms with Crippen molar-refractivity contribution in [2.45, 2.75) is 44.4 Å². The summed E-state index contributed by atoms with van der Waals surface area (Å²) in [6, 6.07) is 0.957. The summed E-state index contributed by atoms with van der Waals surface area (Å²) in [4.78, 5) is 2.52. The lowest BCUT2D eigenvalue weighted by atomic mass is 10.1. The molecule has 0 spiro atoms. The zero-order valence-electron chi connectivity index (χ0n) is 8.41. The van der Waals surface area contributed by atoms with E-state index < -0.39 is 0 Å². The minimum Gasteiger partial charge on any atom is -0.375 e. The lowest BCUT2D eigenvalue weighted by Crippen LogP contribution is -2.51. The molecule has 76 valence electrons. The number of hydrogen-bond donors (Lipinski definition) is 1. The van der Waals surface area contributed by atoms with Crippen LogP contribution in [0.1, 0.15) is 26.2 Å². The molecule has 1 aliphatic heterocycles. The van der Waals surface area contributed by atoms with Crippen LogP contribution in [-0.4, -0.2) is 42.8 Å². The van der Waals surface area contributed by atoms with Crippen molar-refractivity contribution in [1.82, 2.24) is 4.90 Å². The molecule has 2 N–H and O–H groups in total. The first-order chi connectivity index (χ1) is 6.27. The van der Waals surface area contributed by atoms with Crippen molar-refractivity contribution >= 4 is 0 Å². The SMILES string of the molecule is CC(N)CN1CCOC2CCCC21. The van der Waals surface area contributed by atoms with E-state index in [2.05, 4.69) is 11.8 Å². The maximum Gasteiger partial charge on any atom is 0.0730 e. The van der Waals surface area contributed by atoms with Gasteiger partial charge in [-0.15, -0.1) is 0 Å².